The molecule has 2 aromatic rings. The van der Waals surface area contributed by atoms with Gasteiger partial charge >= 0.3 is 0 Å². The van der Waals surface area contributed by atoms with Gasteiger partial charge in [-0.3, -0.25) is 14.4 Å². The lowest BCUT2D eigenvalue weighted by atomic mass is 9.84. The molecular formula is C27H36FN3O4. The minimum Gasteiger partial charge on any atom is -0.497 e. The third-order valence-electron chi connectivity index (χ3n) is 5.28. The number of nitrogens with one attached hydrogen (secondary N) is 2. The Kier molecular flexibility index (Phi) is 10.2. The van der Waals surface area contributed by atoms with E-state index in [1.165, 1.54) is 17.0 Å². The van der Waals surface area contributed by atoms with Gasteiger partial charge in [0.1, 0.15) is 11.6 Å². The van der Waals surface area contributed by atoms with Crippen LogP contribution in [0.1, 0.15) is 46.1 Å². The van der Waals surface area contributed by atoms with Crippen LogP contribution in [-0.2, 0) is 20.9 Å². The zero-order valence-electron chi connectivity index (χ0n) is 21.2. The SMILES string of the molecule is COc1ccc(NC(=O)CNC(=O)CN(Cc2ccc(F)cc2)C(=O)CC(C)CC(C)(C)C)cc1. The summed E-state index contributed by atoms with van der Waals surface area (Å²) in [7, 11) is 1.55. The summed E-state index contributed by atoms with van der Waals surface area (Å²) in [4.78, 5) is 39.3. The molecular weight excluding hydrogens is 449 g/mol. The lowest BCUT2D eigenvalue weighted by Gasteiger charge is -2.27. The molecule has 0 heterocycles. The van der Waals surface area contributed by atoms with Crippen molar-refractivity contribution in [2.24, 2.45) is 11.3 Å². The molecule has 0 aromatic heterocycles. The van der Waals surface area contributed by atoms with Crippen molar-refractivity contribution in [3.63, 3.8) is 0 Å². The van der Waals surface area contributed by atoms with E-state index in [2.05, 4.69) is 31.4 Å². The predicted octanol–water partition coefficient (Wildman–Crippen LogP) is 4.38. The minimum absolute atomic E-state index is 0.0795. The van der Waals surface area contributed by atoms with Crippen LogP contribution in [0.15, 0.2) is 48.5 Å². The molecule has 0 aliphatic rings. The molecule has 1 atom stereocenters. The van der Waals surface area contributed by atoms with Crippen molar-refractivity contribution >= 4 is 23.4 Å². The van der Waals surface area contributed by atoms with E-state index in [1.54, 1.807) is 43.5 Å². The van der Waals surface area contributed by atoms with Crippen molar-refractivity contribution in [2.75, 3.05) is 25.5 Å². The van der Waals surface area contributed by atoms with E-state index in [0.29, 0.717) is 23.4 Å². The standard InChI is InChI=1S/C27H36FN3O4/c1-19(15-27(2,3)4)14-26(34)31(17-20-6-8-21(28)9-7-20)18-25(33)29-16-24(32)30-22-10-12-23(35-5)13-11-22/h6-13,19H,14-18H2,1-5H3,(H,29,33)(H,30,32). The number of amides is 3. The molecule has 0 saturated carbocycles. The third-order valence-corrected chi connectivity index (χ3v) is 5.28. The fourth-order valence-corrected chi connectivity index (χ4v) is 3.87. The number of carbonyl (C=O) groups excluding carboxylic acids is 3. The van der Waals surface area contributed by atoms with Crippen molar-refractivity contribution in [3.8, 4) is 5.75 Å². The number of carbonyl (C=O) groups is 3. The van der Waals surface area contributed by atoms with E-state index >= 15 is 0 Å². The van der Waals surface area contributed by atoms with Gasteiger partial charge in [0.2, 0.25) is 17.7 Å². The van der Waals surface area contributed by atoms with Gasteiger partial charge in [0, 0.05) is 18.7 Å². The van der Waals surface area contributed by atoms with Crippen molar-refractivity contribution in [2.45, 2.75) is 47.1 Å². The molecule has 0 radical (unpaired) electrons. The Hall–Kier alpha value is -3.42. The summed E-state index contributed by atoms with van der Waals surface area (Å²) in [5.74, 6) is -0.571. The number of nitrogens with zero attached hydrogens (tertiary/aromatic N) is 1. The number of halogens is 1. The average molecular weight is 486 g/mol. The number of methoxy groups -OCH3 is 1. The van der Waals surface area contributed by atoms with Crippen LogP contribution < -0.4 is 15.4 Å². The van der Waals surface area contributed by atoms with E-state index in [9.17, 15) is 18.8 Å². The highest BCUT2D eigenvalue weighted by atomic mass is 19.1. The summed E-state index contributed by atoms with van der Waals surface area (Å²) in [6, 6.07) is 12.7. The van der Waals surface area contributed by atoms with E-state index in [4.69, 9.17) is 4.74 Å². The van der Waals surface area contributed by atoms with Gasteiger partial charge < -0.3 is 20.3 Å². The Morgan fingerprint density at radius 2 is 1.63 bits per heavy atom. The first kappa shape index (κ1) is 27.8. The van der Waals surface area contributed by atoms with E-state index in [1.807, 2.05) is 6.92 Å². The summed E-state index contributed by atoms with van der Waals surface area (Å²) < 4.78 is 18.4. The Morgan fingerprint density at radius 1 is 1.00 bits per heavy atom. The molecule has 35 heavy (non-hydrogen) atoms. The topological polar surface area (TPSA) is 87.7 Å². The van der Waals surface area contributed by atoms with Crippen LogP contribution >= 0.6 is 0 Å². The monoisotopic (exact) mass is 485 g/mol. The van der Waals surface area contributed by atoms with Crippen LogP contribution in [-0.4, -0.2) is 42.8 Å². The van der Waals surface area contributed by atoms with Gasteiger partial charge in [0.25, 0.3) is 0 Å². The first-order valence-corrected chi connectivity index (χ1v) is 11.7. The third kappa shape index (κ3) is 10.6. The number of hydrogen-bond donors (Lipinski definition) is 2. The largest absolute Gasteiger partial charge is 0.497 e. The number of rotatable bonds is 11. The lowest BCUT2D eigenvalue weighted by molar-refractivity contribution is -0.137. The molecule has 0 aliphatic carbocycles. The van der Waals surface area contributed by atoms with Gasteiger partial charge in [-0.2, -0.15) is 0 Å². The normalized spacial score (nSPS) is 11.9. The maximum Gasteiger partial charge on any atom is 0.243 e. The molecule has 3 amide bonds. The molecule has 2 rings (SSSR count). The Bertz CT molecular complexity index is 985. The molecule has 190 valence electrons. The molecule has 7 nitrogen and oxygen atoms in total. The number of hydrogen-bond acceptors (Lipinski definition) is 4. The van der Waals surface area contributed by atoms with Crippen molar-refractivity contribution in [1.82, 2.24) is 10.2 Å². The van der Waals surface area contributed by atoms with Gasteiger partial charge in [0.05, 0.1) is 20.2 Å². The summed E-state index contributed by atoms with van der Waals surface area (Å²) in [6.45, 7) is 8.12. The number of benzene rings is 2. The van der Waals surface area contributed by atoms with Gasteiger partial charge in [-0.05, 0) is 59.7 Å². The summed E-state index contributed by atoms with van der Waals surface area (Å²) >= 11 is 0. The predicted molar refractivity (Wildman–Crippen MR) is 134 cm³/mol. The summed E-state index contributed by atoms with van der Waals surface area (Å²) in [6.07, 6.45) is 1.16. The highest BCUT2D eigenvalue weighted by molar-refractivity contribution is 5.95. The minimum atomic E-state index is -0.450. The highest BCUT2D eigenvalue weighted by Gasteiger charge is 2.23. The number of ether oxygens (including phenoxy) is 1. The second kappa shape index (κ2) is 12.9. The van der Waals surface area contributed by atoms with Crippen LogP contribution in [0.2, 0.25) is 0 Å². The second-order valence-corrected chi connectivity index (χ2v) is 10.0. The van der Waals surface area contributed by atoms with Crippen molar-refractivity contribution < 1.29 is 23.5 Å². The summed E-state index contributed by atoms with van der Waals surface area (Å²) in [5, 5.41) is 5.26. The molecule has 8 heteroatoms. The molecule has 2 aromatic carbocycles. The molecule has 0 bridgehead atoms. The fourth-order valence-electron chi connectivity index (χ4n) is 3.87. The van der Waals surface area contributed by atoms with E-state index in [0.717, 1.165) is 6.42 Å². The maximum atomic E-state index is 13.3. The second-order valence-electron chi connectivity index (χ2n) is 10.0. The molecule has 0 saturated heterocycles. The fraction of sp³-hybridized carbons (Fsp3) is 0.444. The molecule has 0 aliphatic heterocycles. The lowest BCUT2D eigenvalue weighted by Crippen LogP contribution is -2.43. The molecule has 0 fully saturated rings. The van der Waals surface area contributed by atoms with E-state index in [-0.39, 0.29) is 42.7 Å². The van der Waals surface area contributed by atoms with Crippen LogP contribution in [0, 0.1) is 17.2 Å². The quantitative estimate of drug-likeness (QED) is 0.495. The van der Waals surface area contributed by atoms with Gasteiger partial charge in [-0.15, -0.1) is 0 Å². The average Bonchev–Trinajstić information content (AvgIpc) is 2.78. The van der Waals surface area contributed by atoms with Crippen LogP contribution in [0.3, 0.4) is 0 Å². The van der Waals surface area contributed by atoms with Crippen molar-refractivity contribution in [3.05, 3.63) is 59.9 Å². The number of anilines is 1. The Balaban J connectivity index is 1.96. The summed E-state index contributed by atoms with van der Waals surface area (Å²) in [5.41, 5.74) is 1.37. The zero-order chi connectivity index (χ0) is 26.0. The zero-order valence-corrected chi connectivity index (χ0v) is 21.2. The first-order valence-electron chi connectivity index (χ1n) is 11.7. The van der Waals surface area contributed by atoms with Crippen LogP contribution in [0.4, 0.5) is 10.1 Å². The highest BCUT2D eigenvalue weighted by Crippen LogP contribution is 2.26. The van der Waals surface area contributed by atoms with Crippen molar-refractivity contribution in [1.29, 1.82) is 0 Å². The van der Waals surface area contributed by atoms with Crippen LogP contribution in [0.25, 0.3) is 0 Å². The van der Waals surface area contributed by atoms with Gasteiger partial charge in [-0.25, -0.2) is 4.39 Å². The maximum absolute atomic E-state index is 13.3. The molecule has 2 N–H and O–H groups in total. The van der Waals surface area contributed by atoms with Crippen LogP contribution in [0.5, 0.6) is 5.75 Å². The smallest absolute Gasteiger partial charge is 0.243 e. The Labute approximate surface area is 207 Å². The molecule has 1 unspecified atom stereocenters. The Morgan fingerprint density at radius 3 is 2.20 bits per heavy atom. The first-order chi connectivity index (χ1) is 16.4. The molecule has 0 spiro atoms. The van der Waals surface area contributed by atoms with Gasteiger partial charge in [0.15, 0.2) is 0 Å². The van der Waals surface area contributed by atoms with E-state index < -0.39 is 11.8 Å². The van der Waals surface area contributed by atoms with Gasteiger partial charge in [-0.1, -0.05) is 39.8 Å².